The molecule has 3 rings (SSSR count). The molecule has 0 aliphatic heterocycles. The van der Waals surface area contributed by atoms with Crippen molar-refractivity contribution in [2.75, 3.05) is 0 Å². The molecular formula is C13H10ClF2N3O. The number of aryl methyl sites for hydroxylation is 1. The number of rotatable bonds is 3. The number of fused-ring (bicyclic) bond motifs is 1. The molecule has 0 fully saturated rings. The highest BCUT2D eigenvalue weighted by atomic mass is 35.5. The highest BCUT2D eigenvalue weighted by molar-refractivity contribution is 6.16. The van der Waals surface area contributed by atoms with E-state index in [-0.39, 0.29) is 17.9 Å². The summed E-state index contributed by atoms with van der Waals surface area (Å²) in [4.78, 5) is 8.24. The van der Waals surface area contributed by atoms with Crippen molar-refractivity contribution in [2.45, 2.75) is 19.3 Å². The maximum Gasteiger partial charge on any atom is 0.214 e. The molecule has 0 radical (unpaired) electrons. The number of imidazole rings is 1. The molecule has 104 valence electrons. The molecule has 0 N–H and O–H groups in total. The number of nitrogens with zero attached hydrogens (tertiary/aromatic N) is 3. The summed E-state index contributed by atoms with van der Waals surface area (Å²) in [5.41, 5.74) is 0.416. The average molecular weight is 298 g/mol. The largest absolute Gasteiger partial charge is 0.444 e. The maximum absolute atomic E-state index is 14.0. The monoisotopic (exact) mass is 297 g/mol. The van der Waals surface area contributed by atoms with Crippen LogP contribution in [0.5, 0.6) is 0 Å². The lowest BCUT2D eigenvalue weighted by atomic mass is 10.3. The number of hydrogen-bond donors (Lipinski definition) is 0. The zero-order valence-corrected chi connectivity index (χ0v) is 11.3. The summed E-state index contributed by atoms with van der Waals surface area (Å²) in [7, 11) is 0. The summed E-state index contributed by atoms with van der Waals surface area (Å²) >= 11 is 5.82. The van der Waals surface area contributed by atoms with Crippen molar-refractivity contribution in [3.8, 4) is 0 Å². The first-order valence-electron chi connectivity index (χ1n) is 5.90. The van der Waals surface area contributed by atoms with Crippen LogP contribution in [0.4, 0.5) is 8.78 Å². The van der Waals surface area contributed by atoms with Gasteiger partial charge in [-0.25, -0.2) is 18.7 Å². The van der Waals surface area contributed by atoms with E-state index in [4.69, 9.17) is 16.0 Å². The van der Waals surface area contributed by atoms with E-state index in [9.17, 15) is 8.78 Å². The van der Waals surface area contributed by atoms with Gasteiger partial charge in [0.2, 0.25) is 5.89 Å². The molecule has 7 heteroatoms. The van der Waals surface area contributed by atoms with Crippen LogP contribution in [0.25, 0.3) is 11.0 Å². The maximum atomic E-state index is 14.0. The molecule has 2 aromatic heterocycles. The van der Waals surface area contributed by atoms with E-state index >= 15 is 0 Å². The zero-order valence-electron chi connectivity index (χ0n) is 10.5. The van der Waals surface area contributed by atoms with Crippen LogP contribution >= 0.6 is 11.6 Å². The molecule has 1 aromatic carbocycles. The lowest BCUT2D eigenvalue weighted by molar-refractivity contribution is 0.454. The Labute approximate surface area is 118 Å². The molecule has 2 heterocycles. The van der Waals surface area contributed by atoms with Crippen LogP contribution in [0, 0.1) is 18.6 Å². The Morgan fingerprint density at radius 2 is 2.15 bits per heavy atom. The summed E-state index contributed by atoms with van der Waals surface area (Å²) in [5.74, 6) is -0.338. The topological polar surface area (TPSA) is 43.9 Å². The summed E-state index contributed by atoms with van der Waals surface area (Å²) in [6.45, 7) is 1.90. The van der Waals surface area contributed by atoms with Crippen LogP contribution in [-0.4, -0.2) is 14.5 Å². The van der Waals surface area contributed by atoms with Crippen molar-refractivity contribution in [1.29, 1.82) is 0 Å². The number of alkyl halides is 1. The molecule has 4 nitrogen and oxygen atoms in total. The minimum Gasteiger partial charge on any atom is -0.444 e. The molecule has 0 saturated carbocycles. The van der Waals surface area contributed by atoms with Crippen LogP contribution in [0.1, 0.15) is 17.5 Å². The Morgan fingerprint density at radius 3 is 2.80 bits per heavy atom. The van der Waals surface area contributed by atoms with E-state index in [1.165, 1.54) is 10.6 Å². The molecule has 0 bridgehead atoms. The molecule has 0 saturated heterocycles. The minimum atomic E-state index is -0.949. The molecule has 0 unspecified atom stereocenters. The number of oxazole rings is 1. The van der Waals surface area contributed by atoms with Crippen molar-refractivity contribution >= 4 is 22.6 Å². The Morgan fingerprint density at radius 1 is 1.35 bits per heavy atom. The van der Waals surface area contributed by atoms with Gasteiger partial charge in [-0.2, -0.15) is 0 Å². The van der Waals surface area contributed by atoms with Crippen LogP contribution in [-0.2, 0) is 12.4 Å². The SMILES string of the molecule is Cc1cnc(Cn2c(CCl)nc3ccc(F)c(F)c32)o1. The van der Waals surface area contributed by atoms with E-state index in [2.05, 4.69) is 9.97 Å². The summed E-state index contributed by atoms with van der Waals surface area (Å²) < 4.78 is 34.2. The van der Waals surface area contributed by atoms with Gasteiger partial charge in [0.1, 0.15) is 23.6 Å². The fraction of sp³-hybridized carbons (Fsp3) is 0.231. The van der Waals surface area contributed by atoms with E-state index < -0.39 is 11.6 Å². The third-order valence-electron chi connectivity index (χ3n) is 2.96. The minimum absolute atomic E-state index is 0.0662. The third-order valence-corrected chi connectivity index (χ3v) is 3.20. The average Bonchev–Trinajstić information content (AvgIpc) is 2.99. The molecule has 20 heavy (non-hydrogen) atoms. The standard InChI is InChI=1S/C13H10ClF2N3O/c1-7-5-17-11(20-7)6-19-10(4-14)18-9-3-2-8(15)12(16)13(9)19/h2-3,5H,4,6H2,1H3. The molecule has 0 spiro atoms. The van der Waals surface area contributed by atoms with E-state index in [0.29, 0.717) is 23.0 Å². The van der Waals surface area contributed by atoms with Crippen molar-refractivity contribution in [1.82, 2.24) is 14.5 Å². The predicted octanol–water partition coefficient (Wildman–Crippen LogP) is 3.40. The van der Waals surface area contributed by atoms with Crippen LogP contribution < -0.4 is 0 Å². The number of halogens is 3. The molecular weight excluding hydrogens is 288 g/mol. The highest BCUT2D eigenvalue weighted by Gasteiger charge is 2.18. The zero-order chi connectivity index (χ0) is 14.3. The first kappa shape index (κ1) is 13.1. The fourth-order valence-electron chi connectivity index (χ4n) is 2.09. The fourth-order valence-corrected chi connectivity index (χ4v) is 2.29. The van der Waals surface area contributed by atoms with E-state index in [1.54, 1.807) is 13.1 Å². The van der Waals surface area contributed by atoms with Gasteiger partial charge in [0.05, 0.1) is 17.6 Å². The highest BCUT2D eigenvalue weighted by Crippen LogP contribution is 2.23. The summed E-state index contributed by atoms with van der Waals surface area (Å²) in [5, 5.41) is 0. The number of aromatic nitrogens is 3. The Balaban J connectivity index is 2.19. The normalized spacial score (nSPS) is 11.4. The Bertz CT molecular complexity index is 781. The molecule has 0 aliphatic rings. The first-order valence-corrected chi connectivity index (χ1v) is 6.44. The van der Waals surface area contributed by atoms with Gasteiger partial charge in [-0.15, -0.1) is 11.6 Å². The van der Waals surface area contributed by atoms with Gasteiger partial charge >= 0.3 is 0 Å². The number of benzene rings is 1. The second-order valence-corrected chi connectivity index (χ2v) is 4.61. The second kappa shape index (κ2) is 4.86. The molecule has 0 atom stereocenters. The molecule has 3 aromatic rings. The Kier molecular flexibility index (Phi) is 3.17. The van der Waals surface area contributed by atoms with Gasteiger partial charge in [0.25, 0.3) is 0 Å². The quantitative estimate of drug-likeness (QED) is 0.696. The Hall–Kier alpha value is -1.95. The van der Waals surface area contributed by atoms with E-state index in [0.717, 1.165) is 6.07 Å². The lowest BCUT2D eigenvalue weighted by Gasteiger charge is -2.05. The third kappa shape index (κ3) is 2.06. The van der Waals surface area contributed by atoms with Crippen LogP contribution in [0.15, 0.2) is 22.7 Å². The number of hydrogen-bond acceptors (Lipinski definition) is 3. The smallest absolute Gasteiger partial charge is 0.214 e. The predicted molar refractivity (Wildman–Crippen MR) is 69.5 cm³/mol. The summed E-state index contributed by atoms with van der Waals surface area (Å²) in [6, 6.07) is 2.46. The lowest BCUT2D eigenvalue weighted by Crippen LogP contribution is -2.05. The van der Waals surface area contributed by atoms with E-state index in [1.807, 2.05) is 0 Å². The van der Waals surface area contributed by atoms with Gasteiger partial charge < -0.3 is 8.98 Å². The van der Waals surface area contributed by atoms with Crippen molar-refractivity contribution < 1.29 is 13.2 Å². The van der Waals surface area contributed by atoms with Gasteiger partial charge in [0.15, 0.2) is 11.6 Å². The van der Waals surface area contributed by atoms with Crippen LogP contribution in [0.3, 0.4) is 0 Å². The van der Waals surface area contributed by atoms with Crippen molar-refractivity contribution in [3.05, 3.63) is 47.4 Å². The second-order valence-electron chi connectivity index (χ2n) is 4.34. The molecule has 0 amide bonds. The van der Waals surface area contributed by atoms with Crippen LogP contribution in [0.2, 0.25) is 0 Å². The first-order chi connectivity index (χ1) is 9.60. The summed E-state index contributed by atoms with van der Waals surface area (Å²) in [6.07, 6.45) is 1.56. The van der Waals surface area contributed by atoms with Gasteiger partial charge in [-0.3, -0.25) is 0 Å². The van der Waals surface area contributed by atoms with Gasteiger partial charge in [-0.1, -0.05) is 0 Å². The van der Waals surface area contributed by atoms with Crippen molar-refractivity contribution in [3.63, 3.8) is 0 Å². The molecule has 0 aliphatic carbocycles. The van der Waals surface area contributed by atoms with Gasteiger partial charge in [0, 0.05) is 0 Å². The van der Waals surface area contributed by atoms with Gasteiger partial charge in [-0.05, 0) is 19.1 Å². The van der Waals surface area contributed by atoms with Crippen molar-refractivity contribution in [2.24, 2.45) is 0 Å².